The Hall–Kier alpha value is -3.54. The van der Waals surface area contributed by atoms with Crippen molar-refractivity contribution in [3.05, 3.63) is 89.6 Å². The van der Waals surface area contributed by atoms with Gasteiger partial charge in [-0.3, -0.25) is 4.68 Å². The maximum Gasteiger partial charge on any atom is 0.141 e. The summed E-state index contributed by atoms with van der Waals surface area (Å²) in [5, 5.41) is 16.8. The third kappa shape index (κ3) is 3.84. The Morgan fingerprint density at radius 2 is 1.74 bits per heavy atom. The van der Waals surface area contributed by atoms with E-state index in [0.29, 0.717) is 6.54 Å². The van der Waals surface area contributed by atoms with Gasteiger partial charge in [-0.15, -0.1) is 10.2 Å². The zero-order valence-electron chi connectivity index (χ0n) is 15.3. The van der Waals surface area contributed by atoms with Gasteiger partial charge >= 0.3 is 0 Å². The van der Waals surface area contributed by atoms with Crippen molar-refractivity contribution in [1.82, 2.24) is 24.7 Å². The summed E-state index contributed by atoms with van der Waals surface area (Å²) in [5.41, 5.74) is 6.65. The van der Waals surface area contributed by atoms with Crippen LogP contribution in [0.2, 0.25) is 0 Å². The highest BCUT2D eigenvalue weighted by Gasteiger charge is 2.11. The molecule has 4 rings (SSSR count). The largest absolute Gasteiger partial charge is 0.267 e. The highest BCUT2D eigenvalue weighted by atomic mass is 15.4. The van der Waals surface area contributed by atoms with E-state index in [9.17, 15) is 0 Å². The molecule has 2 aromatic heterocycles. The van der Waals surface area contributed by atoms with Gasteiger partial charge in [-0.05, 0) is 36.6 Å². The molecule has 0 aliphatic heterocycles. The predicted octanol–water partition coefficient (Wildman–Crippen LogP) is 3.69. The average Bonchev–Trinajstić information content (AvgIpc) is 3.33. The molecule has 0 aliphatic rings. The molecule has 27 heavy (non-hydrogen) atoms. The topological polar surface area (TPSA) is 60.9 Å². The summed E-state index contributed by atoms with van der Waals surface area (Å²) in [5.74, 6) is 0. The molecule has 0 unspecified atom stereocenters. The van der Waals surface area contributed by atoms with E-state index in [1.54, 1.807) is 23.5 Å². The molecule has 6 nitrogen and oxygen atoms in total. The monoisotopic (exact) mass is 356 g/mol. The standard InChI is InChI=1S/C21H20N6/c1-16-8-9-19(10-17(16)2)21-20(11-24-27-14-22-23-15-27)13-26(25-21)12-18-6-4-3-5-7-18/h3-11,13-15H,12H2,1-2H3/b24-11-. The van der Waals surface area contributed by atoms with Crippen LogP contribution < -0.4 is 0 Å². The molecule has 6 heteroatoms. The second kappa shape index (κ2) is 7.37. The van der Waals surface area contributed by atoms with Crippen LogP contribution in [-0.2, 0) is 6.54 Å². The van der Waals surface area contributed by atoms with Gasteiger partial charge in [-0.2, -0.15) is 10.2 Å². The zero-order valence-corrected chi connectivity index (χ0v) is 15.3. The van der Waals surface area contributed by atoms with Crippen molar-refractivity contribution in [3.63, 3.8) is 0 Å². The predicted molar refractivity (Wildman–Crippen MR) is 106 cm³/mol. The van der Waals surface area contributed by atoms with E-state index >= 15 is 0 Å². The van der Waals surface area contributed by atoms with Gasteiger partial charge < -0.3 is 0 Å². The fraction of sp³-hybridized carbons (Fsp3) is 0.143. The van der Waals surface area contributed by atoms with Crippen LogP contribution in [0.15, 0.2) is 72.5 Å². The van der Waals surface area contributed by atoms with Crippen LogP contribution in [0, 0.1) is 13.8 Å². The summed E-state index contributed by atoms with van der Waals surface area (Å²) in [6, 6.07) is 16.7. The molecule has 0 spiro atoms. The molecule has 0 radical (unpaired) electrons. The van der Waals surface area contributed by atoms with Crippen molar-refractivity contribution in [1.29, 1.82) is 0 Å². The quantitative estimate of drug-likeness (QED) is 0.512. The fourth-order valence-electron chi connectivity index (χ4n) is 2.88. The van der Waals surface area contributed by atoms with Gasteiger partial charge in [0.2, 0.25) is 0 Å². The van der Waals surface area contributed by atoms with Crippen molar-refractivity contribution in [2.24, 2.45) is 5.10 Å². The number of aromatic nitrogens is 5. The third-order valence-electron chi connectivity index (χ3n) is 4.49. The minimum Gasteiger partial charge on any atom is -0.267 e. The van der Waals surface area contributed by atoms with Crippen LogP contribution in [0.1, 0.15) is 22.3 Å². The van der Waals surface area contributed by atoms with Crippen LogP contribution in [0.3, 0.4) is 0 Å². The molecule has 0 aliphatic carbocycles. The van der Waals surface area contributed by atoms with Crippen LogP contribution >= 0.6 is 0 Å². The second-order valence-corrected chi connectivity index (χ2v) is 6.50. The smallest absolute Gasteiger partial charge is 0.141 e. The Kier molecular flexibility index (Phi) is 4.61. The lowest BCUT2D eigenvalue weighted by Gasteiger charge is -2.04. The Bertz CT molecular complexity index is 1060. The molecule has 0 bridgehead atoms. The lowest BCUT2D eigenvalue weighted by atomic mass is 10.0. The van der Waals surface area contributed by atoms with Gasteiger partial charge in [0.25, 0.3) is 0 Å². The maximum atomic E-state index is 4.83. The summed E-state index contributed by atoms with van der Waals surface area (Å²) in [7, 11) is 0. The highest BCUT2D eigenvalue weighted by Crippen LogP contribution is 2.24. The molecular formula is C21H20N6. The minimum atomic E-state index is 0.707. The van der Waals surface area contributed by atoms with E-state index < -0.39 is 0 Å². The first-order chi connectivity index (χ1) is 13.2. The molecule has 2 heterocycles. The number of nitrogens with zero attached hydrogens (tertiary/aromatic N) is 6. The molecule has 0 atom stereocenters. The van der Waals surface area contributed by atoms with Gasteiger partial charge in [0, 0.05) is 17.3 Å². The molecule has 0 N–H and O–H groups in total. The fourth-order valence-corrected chi connectivity index (χ4v) is 2.88. The van der Waals surface area contributed by atoms with Crippen molar-refractivity contribution >= 4 is 6.21 Å². The number of rotatable bonds is 5. The second-order valence-electron chi connectivity index (χ2n) is 6.50. The van der Waals surface area contributed by atoms with Crippen molar-refractivity contribution in [2.45, 2.75) is 20.4 Å². The Morgan fingerprint density at radius 1 is 0.963 bits per heavy atom. The number of hydrogen-bond acceptors (Lipinski definition) is 4. The lowest BCUT2D eigenvalue weighted by molar-refractivity contribution is 0.689. The maximum absolute atomic E-state index is 4.83. The number of benzene rings is 2. The first-order valence-corrected chi connectivity index (χ1v) is 8.77. The lowest BCUT2D eigenvalue weighted by Crippen LogP contribution is -2.00. The molecular weight excluding hydrogens is 336 g/mol. The third-order valence-corrected chi connectivity index (χ3v) is 4.49. The highest BCUT2D eigenvalue weighted by molar-refractivity contribution is 5.88. The van der Waals surface area contributed by atoms with E-state index in [4.69, 9.17) is 5.10 Å². The van der Waals surface area contributed by atoms with Crippen LogP contribution in [0.4, 0.5) is 0 Å². The Labute approximate surface area is 157 Å². The van der Waals surface area contributed by atoms with E-state index in [1.807, 2.05) is 29.1 Å². The molecule has 4 aromatic rings. The molecule has 134 valence electrons. The molecule has 0 fully saturated rings. The summed E-state index contributed by atoms with van der Waals surface area (Å²) in [6.07, 6.45) is 6.93. The van der Waals surface area contributed by atoms with E-state index in [0.717, 1.165) is 16.8 Å². The van der Waals surface area contributed by atoms with Crippen molar-refractivity contribution in [2.75, 3.05) is 0 Å². The van der Waals surface area contributed by atoms with Gasteiger partial charge in [0.05, 0.1) is 12.8 Å². The summed E-state index contributed by atoms with van der Waals surface area (Å²) in [6.45, 7) is 4.94. The number of aryl methyl sites for hydroxylation is 2. The summed E-state index contributed by atoms with van der Waals surface area (Å²) >= 11 is 0. The minimum absolute atomic E-state index is 0.707. The van der Waals surface area contributed by atoms with Crippen LogP contribution in [-0.4, -0.2) is 30.9 Å². The molecule has 2 aromatic carbocycles. The normalized spacial score (nSPS) is 11.3. The van der Waals surface area contributed by atoms with Gasteiger partial charge in [0.15, 0.2) is 0 Å². The van der Waals surface area contributed by atoms with E-state index in [-0.39, 0.29) is 0 Å². The summed E-state index contributed by atoms with van der Waals surface area (Å²) < 4.78 is 3.52. The van der Waals surface area contributed by atoms with Gasteiger partial charge in [0.1, 0.15) is 18.3 Å². The van der Waals surface area contributed by atoms with Crippen LogP contribution in [0.25, 0.3) is 11.3 Å². The molecule has 0 saturated heterocycles. The van der Waals surface area contributed by atoms with Gasteiger partial charge in [-0.1, -0.05) is 42.5 Å². The van der Waals surface area contributed by atoms with Crippen molar-refractivity contribution in [3.8, 4) is 11.3 Å². The van der Waals surface area contributed by atoms with Crippen molar-refractivity contribution < 1.29 is 0 Å². The average molecular weight is 356 g/mol. The zero-order chi connectivity index (χ0) is 18.6. The Morgan fingerprint density at radius 3 is 2.48 bits per heavy atom. The first-order valence-electron chi connectivity index (χ1n) is 8.77. The molecule has 0 saturated carbocycles. The van der Waals surface area contributed by atoms with E-state index in [1.165, 1.54) is 16.7 Å². The van der Waals surface area contributed by atoms with Crippen LogP contribution in [0.5, 0.6) is 0 Å². The first kappa shape index (κ1) is 16.9. The van der Waals surface area contributed by atoms with Gasteiger partial charge in [-0.25, -0.2) is 4.68 Å². The SMILES string of the molecule is Cc1ccc(-c2nn(Cc3ccccc3)cc2/C=N\n2cnnc2)cc1C. The summed E-state index contributed by atoms with van der Waals surface area (Å²) in [4.78, 5) is 0. The number of hydrogen-bond donors (Lipinski definition) is 0. The Balaban J connectivity index is 1.73. The van der Waals surface area contributed by atoms with E-state index in [2.05, 4.69) is 59.5 Å². The molecule has 0 amide bonds.